The molecule has 2 aromatic carbocycles. The second-order valence-corrected chi connectivity index (χ2v) is 9.59. The summed E-state index contributed by atoms with van der Waals surface area (Å²) in [6.45, 7) is 8.70. The number of halogens is 3. The van der Waals surface area contributed by atoms with Crippen molar-refractivity contribution >= 4 is 31.6 Å². The second-order valence-electron chi connectivity index (χ2n) is 8.54. The number of aryl methyl sites for hydroxylation is 3. The van der Waals surface area contributed by atoms with Crippen LogP contribution in [0, 0.1) is 20.8 Å². The highest BCUT2D eigenvalue weighted by molar-refractivity contribution is 7.26. The molecule has 30 heavy (non-hydrogen) atoms. The summed E-state index contributed by atoms with van der Waals surface area (Å²) < 4.78 is 45.3. The van der Waals surface area contributed by atoms with Gasteiger partial charge in [0.05, 0.1) is 12.5 Å². The van der Waals surface area contributed by atoms with Crippen LogP contribution in [0.2, 0.25) is 0 Å². The molecule has 156 valence electrons. The van der Waals surface area contributed by atoms with Gasteiger partial charge in [-0.25, -0.2) is 4.57 Å². The Morgan fingerprint density at radius 3 is 2.40 bits per heavy atom. The molecule has 4 aromatic rings. The van der Waals surface area contributed by atoms with Crippen LogP contribution in [0.15, 0.2) is 36.7 Å². The zero-order chi connectivity index (χ0) is 22.0. The summed E-state index contributed by atoms with van der Waals surface area (Å²) in [5, 5.41) is 0.601. The van der Waals surface area contributed by atoms with Crippen molar-refractivity contribution < 1.29 is 17.7 Å². The molecule has 0 radical (unpaired) electrons. The summed E-state index contributed by atoms with van der Waals surface area (Å²) in [6.07, 6.45) is -2.65. The van der Waals surface area contributed by atoms with Gasteiger partial charge in [-0.1, -0.05) is 23.8 Å². The number of thiophene rings is 1. The fourth-order valence-electron chi connectivity index (χ4n) is 4.05. The lowest BCUT2D eigenvalue weighted by Gasteiger charge is -2.28. The first-order valence-electron chi connectivity index (χ1n) is 9.78. The maximum absolute atomic E-state index is 13.9. The Morgan fingerprint density at radius 1 is 1.03 bits per heavy atom. The largest absolute Gasteiger partial charge is 0.397 e. The van der Waals surface area contributed by atoms with E-state index in [4.69, 9.17) is 0 Å². The maximum Gasteiger partial charge on any atom is 0.397 e. The van der Waals surface area contributed by atoms with Gasteiger partial charge in [0.15, 0.2) is 5.69 Å². The molecule has 0 amide bonds. The smallest absolute Gasteiger partial charge is 0.231 e. The zero-order valence-corrected chi connectivity index (χ0v) is 18.7. The lowest BCUT2D eigenvalue weighted by atomic mass is 9.82. The van der Waals surface area contributed by atoms with Crippen molar-refractivity contribution in [2.75, 3.05) is 0 Å². The van der Waals surface area contributed by atoms with Crippen molar-refractivity contribution in [3.63, 3.8) is 0 Å². The number of hydrogen-bond donors (Lipinski definition) is 0. The lowest BCUT2D eigenvalue weighted by Crippen LogP contribution is -2.36. The van der Waals surface area contributed by atoms with Gasteiger partial charge in [-0.2, -0.15) is 13.2 Å². The third-order valence-electron chi connectivity index (χ3n) is 6.07. The summed E-state index contributed by atoms with van der Waals surface area (Å²) >= 11 is 1.51. The fourth-order valence-corrected chi connectivity index (χ4v) is 5.33. The molecule has 0 N–H and O–H groups in total. The van der Waals surface area contributed by atoms with Gasteiger partial charge in [0.1, 0.15) is 4.70 Å². The minimum absolute atomic E-state index is 0.267. The molecule has 4 rings (SSSR count). The minimum atomic E-state index is -4.36. The van der Waals surface area contributed by atoms with E-state index in [2.05, 4.69) is 37.9 Å². The highest BCUT2D eigenvalue weighted by atomic mass is 32.1. The van der Waals surface area contributed by atoms with Crippen LogP contribution in [0.1, 0.15) is 36.1 Å². The molecule has 0 bridgehead atoms. The highest BCUT2D eigenvalue weighted by Crippen LogP contribution is 2.47. The van der Waals surface area contributed by atoms with Crippen molar-refractivity contribution in [2.24, 2.45) is 7.05 Å². The Bertz CT molecular complexity index is 1300. The summed E-state index contributed by atoms with van der Waals surface area (Å²) in [5.41, 5.74) is 4.51. The van der Waals surface area contributed by atoms with Crippen LogP contribution in [0.3, 0.4) is 0 Å². The van der Waals surface area contributed by atoms with E-state index in [0.29, 0.717) is 10.9 Å². The van der Waals surface area contributed by atoms with E-state index in [0.717, 1.165) is 31.8 Å². The van der Waals surface area contributed by atoms with Crippen molar-refractivity contribution in [3.05, 3.63) is 58.9 Å². The molecule has 6 heteroatoms. The number of alkyl halides is 3. The SMILES string of the molecule is Cc1cc(C)c(C)c(-c2c3sc4cccc(C(C)(C)C(F)(F)F)c4c3nc[n+]2C)c1. The molecule has 2 nitrogen and oxygen atoms in total. The standard InChI is InChI=1S/C24H24F3N2S/c1-13-10-14(2)15(3)16(11-13)21-22-20(28-12-29(21)6)19-17(8-7-9-18(19)30-22)23(4,5)24(25,26)27/h7-12H,1-6H3/q+1. The van der Waals surface area contributed by atoms with E-state index < -0.39 is 11.6 Å². The Labute approximate surface area is 178 Å². The van der Waals surface area contributed by atoms with Gasteiger partial charge < -0.3 is 0 Å². The van der Waals surface area contributed by atoms with Crippen molar-refractivity contribution in [1.29, 1.82) is 0 Å². The van der Waals surface area contributed by atoms with E-state index >= 15 is 0 Å². The molecule has 2 aromatic heterocycles. The third kappa shape index (κ3) is 3.00. The minimum Gasteiger partial charge on any atom is -0.231 e. The van der Waals surface area contributed by atoms with Gasteiger partial charge in [0, 0.05) is 15.6 Å². The Hall–Kier alpha value is -2.47. The first-order valence-corrected chi connectivity index (χ1v) is 10.6. The summed E-state index contributed by atoms with van der Waals surface area (Å²) in [5.74, 6) is 0. The fraction of sp³-hybridized carbons (Fsp3) is 0.333. The monoisotopic (exact) mass is 429 g/mol. The molecule has 0 aliphatic carbocycles. The van der Waals surface area contributed by atoms with E-state index in [-0.39, 0.29) is 5.56 Å². The van der Waals surface area contributed by atoms with Gasteiger partial charge in [-0.15, -0.1) is 11.3 Å². The number of nitrogens with zero attached hydrogens (tertiary/aromatic N) is 2. The molecular formula is C24H24F3N2S+. The van der Waals surface area contributed by atoms with Crippen LogP contribution in [0.25, 0.3) is 31.6 Å². The van der Waals surface area contributed by atoms with Gasteiger partial charge in [0.25, 0.3) is 6.33 Å². The predicted molar refractivity (Wildman–Crippen MR) is 117 cm³/mol. The first-order chi connectivity index (χ1) is 13.9. The number of fused-ring (bicyclic) bond motifs is 3. The van der Waals surface area contributed by atoms with E-state index in [9.17, 15) is 13.2 Å². The Balaban J connectivity index is 2.14. The van der Waals surface area contributed by atoms with Gasteiger partial charge >= 0.3 is 6.18 Å². The molecule has 0 atom stereocenters. The lowest BCUT2D eigenvalue weighted by molar-refractivity contribution is -0.662. The van der Waals surface area contributed by atoms with Crippen LogP contribution in [0.5, 0.6) is 0 Å². The number of rotatable bonds is 2. The first kappa shape index (κ1) is 20.8. The molecule has 2 heterocycles. The van der Waals surface area contributed by atoms with Crippen LogP contribution < -0.4 is 4.57 Å². The second kappa shape index (κ2) is 6.77. The average Bonchev–Trinajstić information content (AvgIpc) is 3.02. The van der Waals surface area contributed by atoms with Crippen molar-refractivity contribution in [3.8, 4) is 11.3 Å². The molecular weight excluding hydrogens is 405 g/mol. The van der Waals surface area contributed by atoms with Crippen LogP contribution >= 0.6 is 11.3 Å². The van der Waals surface area contributed by atoms with E-state index in [1.165, 1.54) is 30.7 Å². The number of aromatic nitrogens is 2. The summed E-state index contributed by atoms with van der Waals surface area (Å²) in [6, 6.07) is 9.46. The van der Waals surface area contributed by atoms with Gasteiger partial charge in [-0.3, -0.25) is 0 Å². The van der Waals surface area contributed by atoms with E-state index in [1.54, 1.807) is 18.5 Å². The Kier molecular flexibility index (Phi) is 4.69. The molecule has 0 spiro atoms. The van der Waals surface area contributed by atoms with Gasteiger partial charge in [0.2, 0.25) is 5.52 Å². The molecule has 0 aliphatic rings. The normalized spacial score (nSPS) is 12.8. The molecule has 0 saturated carbocycles. The third-order valence-corrected chi connectivity index (χ3v) is 7.22. The maximum atomic E-state index is 13.9. The van der Waals surface area contributed by atoms with Crippen LogP contribution in [-0.2, 0) is 12.5 Å². The van der Waals surface area contributed by atoms with Crippen molar-refractivity contribution in [1.82, 2.24) is 4.98 Å². The molecule has 0 unspecified atom stereocenters. The van der Waals surface area contributed by atoms with E-state index in [1.807, 2.05) is 17.7 Å². The van der Waals surface area contributed by atoms with Crippen molar-refractivity contribution in [2.45, 2.75) is 46.2 Å². The Morgan fingerprint density at radius 2 is 1.73 bits per heavy atom. The predicted octanol–water partition coefficient (Wildman–Crippen LogP) is 6.71. The number of hydrogen-bond acceptors (Lipinski definition) is 2. The zero-order valence-electron chi connectivity index (χ0n) is 17.9. The topological polar surface area (TPSA) is 16.8 Å². The average molecular weight is 430 g/mol. The van der Waals surface area contributed by atoms with Gasteiger partial charge in [-0.05, 0) is 68.4 Å². The summed E-state index contributed by atoms with van der Waals surface area (Å²) in [4.78, 5) is 4.59. The molecule has 0 aliphatic heterocycles. The van der Waals surface area contributed by atoms with Crippen LogP contribution in [0.4, 0.5) is 13.2 Å². The molecule has 0 fully saturated rings. The molecule has 0 saturated heterocycles. The highest BCUT2D eigenvalue weighted by Gasteiger charge is 2.49. The summed E-state index contributed by atoms with van der Waals surface area (Å²) in [7, 11) is 1.93. The number of benzene rings is 2. The quantitative estimate of drug-likeness (QED) is 0.324. The van der Waals surface area contributed by atoms with Crippen LogP contribution in [-0.4, -0.2) is 11.2 Å².